The maximum Gasteiger partial charge on any atom is 0.224 e. The van der Waals surface area contributed by atoms with E-state index >= 15 is 0 Å². The van der Waals surface area contributed by atoms with Crippen molar-refractivity contribution >= 4 is 5.91 Å². The van der Waals surface area contributed by atoms with Gasteiger partial charge in [-0.25, -0.2) is 0 Å². The summed E-state index contributed by atoms with van der Waals surface area (Å²) >= 11 is 0. The van der Waals surface area contributed by atoms with Crippen molar-refractivity contribution < 1.29 is 9.53 Å². The highest BCUT2D eigenvalue weighted by molar-refractivity contribution is 5.79. The summed E-state index contributed by atoms with van der Waals surface area (Å²) in [6.45, 7) is 2.86. The lowest BCUT2D eigenvalue weighted by Crippen LogP contribution is -2.36. The summed E-state index contributed by atoms with van der Waals surface area (Å²) in [4.78, 5) is 11.7. The van der Waals surface area contributed by atoms with Crippen molar-refractivity contribution in [1.82, 2.24) is 5.32 Å². The Hall–Kier alpha value is -1.55. The fraction of sp³-hybridized carbons (Fsp3) is 0.462. The number of nitrogens with one attached hydrogen (secondary N) is 1. The van der Waals surface area contributed by atoms with E-state index in [9.17, 15) is 4.79 Å². The Balaban J connectivity index is 2.76. The Morgan fingerprint density at radius 2 is 2.18 bits per heavy atom. The number of nitrogens with two attached hydrogens (primary N) is 1. The molecule has 0 saturated carbocycles. The van der Waals surface area contributed by atoms with E-state index in [0.717, 1.165) is 11.3 Å². The van der Waals surface area contributed by atoms with E-state index in [1.165, 1.54) is 0 Å². The normalized spacial score (nSPS) is 11.9. The summed E-state index contributed by atoms with van der Waals surface area (Å²) < 4.78 is 5.26. The third-order valence-electron chi connectivity index (χ3n) is 2.67. The summed E-state index contributed by atoms with van der Waals surface area (Å²) in [5.74, 6) is 0.599. The zero-order valence-corrected chi connectivity index (χ0v) is 10.4. The van der Waals surface area contributed by atoms with Crippen LogP contribution < -0.4 is 15.8 Å². The first-order valence-corrected chi connectivity index (χ1v) is 5.82. The van der Waals surface area contributed by atoms with E-state index in [0.29, 0.717) is 19.5 Å². The number of amides is 1. The van der Waals surface area contributed by atoms with Crippen molar-refractivity contribution in [2.24, 2.45) is 11.7 Å². The number of hydrogen-bond donors (Lipinski definition) is 2. The molecule has 4 heteroatoms. The van der Waals surface area contributed by atoms with Gasteiger partial charge >= 0.3 is 0 Å². The molecule has 0 spiro atoms. The Labute approximate surface area is 102 Å². The number of para-hydroxylation sites is 1. The fourth-order valence-electron chi connectivity index (χ4n) is 1.74. The molecule has 94 valence electrons. The van der Waals surface area contributed by atoms with Crippen LogP contribution in [-0.4, -0.2) is 26.1 Å². The first-order chi connectivity index (χ1) is 8.22. The van der Waals surface area contributed by atoms with Crippen LogP contribution in [0.15, 0.2) is 24.3 Å². The Bertz CT molecular complexity index is 366. The van der Waals surface area contributed by atoms with E-state index in [2.05, 4.69) is 5.32 Å². The molecule has 0 aliphatic heterocycles. The van der Waals surface area contributed by atoms with Crippen LogP contribution in [-0.2, 0) is 11.2 Å². The molecule has 0 fully saturated rings. The van der Waals surface area contributed by atoms with Crippen LogP contribution in [0, 0.1) is 5.92 Å². The van der Waals surface area contributed by atoms with Crippen LogP contribution in [0.5, 0.6) is 5.75 Å². The van der Waals surface area contributed by atoms with Gasteiger partial charge in [-0.2, -0.15) is 0 Å². The minimum Gasteiger partial charge on any atom is -0.496 e. The van der Waals surface area contributed by atoms with Gasteiger partial charge < -0.3 is 15.8 Å². The zero-order chi connectivity index (χ0) is 12.7. The molecule has 0 saturated heterocycles. The van der Waals surface area contributed by atoms with Crippen LogP contribution in [0.2, 0.25) is 0 Å². The molecular weight excluding hydrogens is 216 g/mol. The summed E-state index contributed by atoms with van der Waals surface area (Å²) in [7, 11) is 1.63. The van der Waals surface area contributed by atoms with E-state index in [4.69, 9.17) is 10.5 Å². The standard InChI is InChI=1S/C13H20N2O2/c1-3-15-13(16)11(9-14)8-10-6-4-5-7-12(10)17-2/h4-7,11H,3,8-9,14H2,1-2H3,(H,15,16). The Kier molecular flexibility index (Phi) is 5.49. The molecule has 0 bridgehead atoms. The van der Waals surface area contributed by atoms with Crippen molar-refractivity contribution in [3.8, 4) is 5.75 Å². The van der Waals surface area contributed by atoms with Gasteiger partial charge in [0.25, 0.3) is 0 Å². The highest BCUT2D eigenvalue weighted by Gasteiger charge is 2.18. The van der Waals surface area contributed by atoms with Gasteiger partial charge in [0, 0.05) is 13.1 Å². The lowest BCUT2D eigenvalue weighted by molar-refractivity contribution is -0.124. The summed E-state index contributed by atoms with van der Waals surface area (Å²) in [5.41, 5.74) is 6.65. The van der Waals surface area contributed by atoms with Crippen molar-refractivity contribution in [3.05, 3.63) is 29.8 Å². The number of hydrogen-bond acceptors (Lipinski definition) is 3. The van der Waals surface area contributed by atoms with Crippen molar-refractivity contribution in [2.75, 3.05) is 20.2 Å². The van der Waals surface area contributed by atoms with E-state index < -0.39 is 0 Å². The molecule has 0 aliphatic rings. The van der Waals surface area contributed by atoms with E-state index in [1.54, 1.807) is 7.11 Å². The largest absolute Gasteiger partial charge is 0.496 e. The first-order valence-electron chi connectivity index (χ1n) is 5.82. The smallest absolute Gasteiger partial charge is 0.224 e. The van der Waals surface area contributed by atoms with Crippen LogP contribution in [0.3, 0.4) is 0 Å². The summed E-state index contributed by atoms with van der Waals surface area (Å²) in [6.07, 6.45) is 0.604. The van der Waals surface area contributed by atoms with Crippen LogP contribution in [0.25, 0.3) is 0 Å². The SMILES string of the molecule is CCNC(=O)C(CN)Cc1ccccc1OC. The molecule has 3 N–H and O–H groups in total. The average molecular weight is 236 g/mol. The predicted octanol–water partition coefficient (Wildman–Crippen LogP) is 0.949. The second-order valence-electron chi connectivity index (χ2n) is 3.84. The van der Waals surface area contributed by atoms with E-state index in [-0.39, 0.29) is 11.8 Å². The van der Waals surface area contributed by atoms with Gasteiger partial charge in [-0.15, -0.1) is 0 Å². The fourth-order valence-corrected chi connectivity index (χ4v) is 1.74. The lowest BCUT2D eigenvalue weighted by Gasteiger charge is -2.15. The number of ether oxygens (including phenoxy) is 1. The molecule has 1 rings (SSSR count). The second-order valence-corrected chi connectivity index (χ2v) is 3.84. The van der Waals surface area contributed by atoms with Gasteiger partial charge in [0.2, 0.25) is 5.91 Å². The minimum atomic E-state index is -0.203. The molecule has 0 heterocycles. The number of benzene rings is 1. The van der Waals surface area contributed by atoms with Gasteiger partial charge in [0.1, 0.15) is 5.75 Å². The molecule has 1 atom stereocenters. The Morgan fingerprint density at radius 3 is 2.76 bits per heavy atom. The topological polar surface area (TPSA) is 64.4 Å². The highest BCUT2D eigenvalue weighted by Crippen LogP contribution is 2.20. The maximum absolute atomic E-state index is 11.7. The molecule has 1 amide bonds. The molecule has 0 radical (unpaired) electrons. The zero-order valence-electron chi connectivity index (χ0n) is 10.4. The van der Waals surface area contributed by atoms with Gasteiger partial charge in [-0.05, 0) is 25.0 Å². The number of rotatable bonds is 6. The average Bonchev–Trinajstić information content (AvgIpc) is 2.36. The molecule has 17 heavy (non-hydrogen) atoms. The second kappa shape index (κ2) is 6.91. The Morgan fingerprint density at radius 1 is 1.47 bits per heavy atom. The monoisotopic (exact) mass is 236 g/mol. The molecule has 1 aromatic rings. The van der Waals surface area contributed by atoms with Crippen LogP contribution in [0.1, 0.15) is 12.5 Å². The first kappa shape index (κ1) is 13.5. The molecule has 4 nitrogen and oxygen atoms in total. The highest BCUT2D eigenvalue weighted by atomic mass is 16.5. The van der Waals surface area contributed by atoms with Gasteiger partial charge in [0.15, 0.2) is 0 Å². The molecule has 1 aromatic carbocycles. The lowest BCUT2D eigenvalue weighted by atomic mass is 9.98. The molecule has 0 aliphatic carbocycles. The van der Waals surface area contributed by atoms with Crippen molar-refractivity contribution in [1.29, 1.82) is 0 Å². The van der Waals surface area contributed by atoms with Gasteiger partial charge in [0.05, 0.1) is 13.0 Å². The summed E-state index contributed by atoms with van der Waals surface area (Å²) in [5, 5.41) is 2.79. The van der Waals surface area contributed by atoms with Crippen LogP contribution in [0.4, 0.5) is 0 Å². The quantitative estimate of drug-likeness (QED) is 0.773. The summed E-state index contributed by atoms with van der Waals surface area (Å²) in [6, 6.07) is 7.69. The maximum atomic E-state index is 11.7. The number of carbonyl (C=O) groups excluding carboxylic acids is 1. The predicted molar refractivity (Wildman–Crippen MR) is 67.9 cm³/mol. The van der Waals surface area contributed by atoms with Crippen molar-refractivity contribution in [3.63, 3.8) is 0 Å². The van der Waals surface area contributed by atoms with Gasteiger partial charge in [-0.3, -0.25) is 4.79 Å². The number of methoxy groups -OCH3 is 1. The molecule has 0 aromatic heterocycles. The minimum absolute atomic E-state index is 0.000839. The molecule has 1 unspecified atom stereocenters. The van der Waals surface area contributed by atoms with Gasteiger partial charge in [-0.1, -0.05) is 18.2 Å². The third-order valence-corrected chi connectivity index (χ3v) is 2.67. The van der Waals surface area contributed by atoms with E-state index in [1.807, 2.05) is 31.2 Å². The molecular formula is C13H20N2O2. The number of carbonyl (C=O) groups is 1. The third kappa shape index (κ3) is 3.75. The van der Waals surface area contributed by atoms with Crippen LogP contribution >= 0.6 is 0 Å². The van der Waals surface area contributed by atoms with Crippen molar-refractivity contribution in [2.45, 2.75) is 13.3 Å².